The maximum Gasteiger partial charge on any atom is 0.574 e. The number of halogens is 3. The van der Waals surface area contributed by atoms with Crippen molar-refractivity contribution in [2.45, 2.75) is 12.9 Å². The maximum atomic E-state index is 12.0. The molecule has 0 saturated carbocycles. The first-order chi connectivity index (χ1) is 7.37. The van der Waals surface area contributed by atoms with Crippen molar-refractivity contribution in [2.75, 3.05) is 5.73 Å². The number of carbonyl (C=O) groups excluding carboxylic acids is 1. The molecular formula is C8H8F3N3O2. The largest absolute Gasteiger partial charge is 0.574 e. The fourth-order valence-electron chi connectivity index (χ4n) is 0.993. The second-order valence-electron chi connectivity index (χ2n) is 2.79. The SMILES string of the molecule is NCc1cc(C=O)c(N)c(OC(F)(F)F)n1. The van der Waals surface area contributed by atoms with Gasteiger partial charge >= 0.3 is 6.36 Å². The number of carbonyl (C=O) groups is 1. The molecule has 88 valence electrons. The normalized spacial score (nSPS) is 11.2. The van der Waals surface area contributed by atoms with Gasteiger partial charge in [0.15, 0.2) is 6.29 Å². The molecule has 0 saturated heterocycles. The average Bonchev–Trinajstić information content (AvgIpc) is 2.19. The molecule has 1 aromatic heterocycles. The first-order valence-electron chi connectivity index (χ1n) is 4.07. The fraction of sp³-hybridized carbons (Fsp3) is 0.250. The summed E-state index contributed by atoms with van der Waals surface area (Å²) in [6.07, 6.45) is -4.62. The van der Waals surface area contributed by atoms with Crippen LogP contribution in [0.4, 0.5) is 18.9 Å². The molecule has 1 heterocycles. The molecule has 0 aliphatic rings. The Hall–Kier alpha value is -1.83. The lowest BCUT2D eigenvalue weighted by Gasteiger charge is -2.12. The second kappa shape index (κ2) is 4.35. The highest BCUT2D eigenvalue weighted by Gasteiger charge is 2.33. The van der Waals surface area contributed by atoms with Gasteiger partial charge in [0.25, 0.3) is 0 Å². The van der Waals surface area contributed by atoms with Crippen molar-refractivity contribution in [1.82, 2.24) is 4.98 Å². The van der Waals surface area contributed by atoms with Crippen LogP contribution < -0.4 is 16.2 Å². The number of anilines is 1. The number of hydrogen-bond donors (Lipinski definition) is 2. The fourth-order valence-corrected chi connectivity index (χ4v) is 0.993. The lowest BCUT2D eigenvalue weighted by molar-refractivity contribution is -0.275. The second-order valence-corrected chi connectivity index (χ2v) is 2.79. The van der Waals surface area contributed by atoms with Crippen LogP contribution >= 0.6 is 0 Å². The van der Waals surface area contributed by atoms with E-state index in [1.165, 1.54) is 6.07 Å². The molecule has 0 bridgehead atoms. The van der Waals surface area contributed by atoms with Crippen LogP contribution in [0.25, 0.3) is 0 Å². The van der Waals surface area contributed by atoms with Gasteiger partial charge in [-0.1, -0.05) is 0 Å². The van der Waals surface area contributed by atoms with Gasteiger partial charge < -0.3 is 16.2 Å². The summed E-state index contributed by atoms with van der Waals surface area (Å²) in [6.45, 7) is -0.130. The maximum absolute atomic E-state index is 12.0. The van der Waals surface area contributed by atoms with Crippen molar-refractivity contribution in [3.63, 3.8) is 0 Å². The molecule has 0 spiro atoms. The summed E-state index contributed by atoms with van der Waals surface area (Å²) in [7, 11) is 0. The standard InChI is InChI=1S/C8H8F3N3O2/c9-8(10,11)16-7-6(13)4(3-15)1-5(2-12)14-7/h1,3H,2,12-13H2. The minimum absolute atomic E-state index is 0.0792. The van der Waals surface area contributed by atoms with Gasteiger partial charge in [-0.15, -0.1) is 13.2 Å². The van der Waals surface area contributed by atoms with Crippen molar-refractivity contribution in [3.8, 4) is 5.88 Å². The van der Waals surface area contributed by atoms with E-state index in [9.17, 15) is 18.0 Å². The molecule has 4 N–H and O–H groups in total. The number of hydrogen-bond acceptors (Lipinski definition) is 5. The van der Waals surface area contributed by atoms with Crippen LogP contribution in [0.15, 0.2) is 6.07 Å². The van der Waals surface area contributed by atoms with Crippen molar-refractivity contribution >= 4 is 12.0 Å². The number of aromatic nitrogens is 1. The van der Waals surface area contributed by atoms with Crippen LogP contribution in [0.1, 0.15) is 16.1 Å². The molecule has 0 aromatic carbocycles. The average molecular weight is 235 g/mol. The van der Waals surface area contributed by atoms with Crippen molar-refractivity contribution < 1.29 is 22.7 Å². The highest BCUT2D eigenvalue weighted by Crippen LogP contribution is 2.28. The number of aldehydes is 1. The molecule has 0 aliphatic carbocycles. The van der Waals surface area contributed by atoms with Gasteiger partial charge in [-0.3, -0.25) is 4.79 Å². The predicted molar refractivity (Wildman–Crippen MR) is 48.6 cm³/mol. The molecule has 0 atom stereocenters. The topological polar surface area (TPSA) is 91.2 Å². The summed E-state index contributed by atoms with van der Waals surface area (Å²) in [5, 5.41) is 0. The molecule has 8 heteroatoms. The summed E-state index contributed by atoms with van der Waals surface area (Å²) >= 11 is 0. The van der Waals surface area contributed by atoms with E-state index in [4.69, 9.17) is 11.5 Å². The first kappa shape index (κ1) is 12.2. The van der Waals surface area contributed by atoms with E-state index in [-0.39, 0.29) is 17.8 Å². The molecule has 0 aliphatic heterocycles. The molecule has 0 unspecified atom stereocenters. The quantitative estimate of drug-likeness (QED) is 0.757. The summed E-state index contributed by atoms with van der Waals surface area (Å²) in [5.41, 5.74) is 9.93. The highest BCUT2D eigenvalue weighted by molar-refractivity contribution is 5.85. The van der Waals surface area contributed by atoms with E-state index in [2.05, 4.69) is 9.72 Å². The number of nitrogen functional groups attached to an aromatic ring is 1. The first-order valence-corrected chi connectivity index (χ1v) is 4.07. The van der Waals surface area contributed by atoms with E-state index < -0.39 is 17.9 Å². The molecule has 1 rings (SSSR count). The van der Waals surface area contributed by atoms with Crippen LogP contribution in [0, 0.1) is 0 Å². The number of rotatable bonds is 3. The van der Waals surface area contributed by atoms with E-state index in [0.29, 0.717) is 6.29 Å². The number of nitrogens with zero attached hydrogens (tertiary/aromatic N) is 1. The molecule has 0 radical (unpaired) electrons. The molecule has 5 nitrogen and oxygen atoms in total. The lowest BCUT2D eigenvalue weighted by Crippen LogP contribution is -2.20. The van der Waals surface area contributed by atoms with E-state index in [1.54, 1.807) is 0 Å². The van der Waals surface area contributed by atoms with Crippen LogP contribution in [0.5, 0.6) is 5.88 Å². The lowest BCUT2D eigenvalue weighted by atomic mass is 10.2. The number of alkyl halides is 3. The zero-order valence-corrected chi connectivity index (χ0v) is 7.91. The minimum Gasteiger partial charge on any atom is -0.394 e. The molecular weight excluding hydrogens is 227 g/mol. The third-order valence-corrected chi connectivity index (χ3v) is 1.66. The Morgan fingerprint density at radius 3 is 2.56 bits per heavy atom. The van der Waals surface area contributed by atoms with Gasteiger partial charge in [-0.2, -0.15) is 0 Å². The van der Waals surface area contributed by atoms with Gasteiger partial charge in [-0.05, 0) is 6.07 Å². The number of pyridine rings is 1. The third-order valence-electron chi connectivity index (χ3n) is 1.66. The Morgan fingerprint density at radius 2 is 2.12 bits per heavy atom. The van der Waals surface area contributed by atoms with Gasteiger partial charge in [-0.25, -0.2) is 4.98 Å². The molecule has 1 aromatic rings. The summed E-state index contributed by atoms with van der Waals surface area (Å²) in [4.78, 5) is 14.0. The summed E-state index contributed by atoms with van der Waals surface area (Å²) in [5.74, 6) is -0.863. The Labute approximate surface area is 88.2 Å². The zero-order valence-electron chi connectivity index (χ0n) is 7.91. The van der Waals surface area contributed by atoms with E-state index >= 15 is 0 Å². The van der Waals surface area contributed by atoms with E-state index in [1.807, 2.05) is 0 Å². The Kier molecular flexibility index (Phi) is 3.33. The molecule has 16 heavy (non-hydrogen) atoms. The highest BCUT2D eigenvalue weighted by atomic mass is 19.4. The van der Waals surface area contributed by atoms with Gasteiger partial charge in [0.2, 0.25) is 5.88 Å². The van der Waals surface area contributed by atoms with Gasteiger partial charge in [0.05, 0.1) is 5.69 Å². The third kappa shape index (κ3) is 2.83. The van der Waals surface area contributed by atoms with Crippen molar-refractivity contribution in [3.05, 3.63) is 17.3 Å². The van der Waals surface area contributed by atoms with Crippen molar-refractivity contribution in [2.24, 2.45) is 5.73 Å². The van der Waals surface area contributed by atoms with Gasteiger partial charge in [0.1, 0.15) is 5.69 Å². The van der Waals surface area contributed by atoms with Crippen LogP contribution in [0.2, 0.25) is 0 Å². The number of ether oxygens (including phenoxy) is 1. The summed E-state index contributed by atoms with van der Waals surface area (Å²) in [6, 6.07) is 1.20. The zero-order chi connectivity index (χ0) is 12.3. The van der Waals surface area contributed by atoms with Crippen LogP contribution in [-0.4, -0.2) is 17.6 Å². The number of nitrogens with two attached hydrogens (primary N) is 2. The van der Waals surface area contributed by atoms with Crippen LogP contribution in [-0.2, 0) is 6.54 Å². The van der Waals surface area contributed by atoms with Gasteiger partial charge in [0, 0.05) is 12.1 Å². The Balaban J connectivity index is 3.21. The smallest absolute Gasteiger partial charge is 0.394 e. The Morgan fingerprint density at radius 1 is 1.50 bits per heavy atom. The van der Waals surface area contributed by atoms with Crippen molar-refractivity contribution in [1.29, 1.82) is 0 Å². The molecule has 0 fully saturated rings. The predicted octanol–water partition coefficient (Wildman–Crippen LogP) is 0.834. The molecule has 0 amide bonds. The Bertz CT molecular complexity index is 406. The minimum atomic E-state index is -4.92. The van der Waals surface area contributed by atoms with E-state index in [0.717, 1.165) is 0 Å². The van der Waals surface area contributed by atoms with Crippen LogP contribution in [0.3, 0.4) is 0 Å². The summed E-state index contributed by atoms with van der Waals surface area (Å²) < 4.78 is 39.4. The monoisotopic (exact) mass is 235 g/mol.